The van der Waals surface area contributed by atoms with Gasteiger partial charge in [-0.1, -0.05) is 18.2 Å². The molecule has 1 aliphatic rings. The van der Waals surface area contributed by atoms with Gasteiger partial charge in [0.25, 0.3) is 0 Å². The van der Waals surface area contributed by atoms with E-state index in [1.54, 1.807) is 7.05 Å². The second-order valence-corrected chi connectivity index (χ2v) is 6.91. The van der Waals surface area contributed by atoms with E-state index in [2.05, 4.69) is 33.7 Å². The number of rotatable bonds is 7. The van der Waals surface area contributed by atoms with Crippen LogP contribution >= 0.6 is 0 Å². The molecule has 1 aliphatic heterocycles. The number of aromatic nitrogens is 1. The number of ether oxygens (including phenoxy) is 1. The zero-order chi connectivity index (χ0) is 19.1. The molecule has 0 bridgehead atoms. The van der Waals surface area contributed by atoms with Crippen molar-refractivity contribution >= 4 is 22.8 Å². The van der Waals surface area contributed by atoms with Crippen molar-refractivity contribution in [2.45, 2.75) is 25.5 Å². The fourth-order valence-electron chi connectivity index (χ4n) is 3.35. The number of carbonyl (C=O) groups is 1. The Labute approximate surface area is 159 Å². The fraction of sp³-hybridized carbons (Fsp3) is 0.500. The lowest BCUT2D eigenvalue weighted by atomic mass is 9.93. The number of anilines is 1. The second-order valence-electron chi connectivity index (χ2n) is 6.91. The number of aliphatic hydroxyl groups is 1. The highest BCUT2D eigenvalue weighted by atomic mass is 16.6. The van der Waals surface area contributed by atoms with Gasteiger partial charge in [0.05, 0.1) is 5.52 Å². The number of pyridine rings is 1. The summed E-state index contributed by atoms with van der Waals surface area (Å²) in [5.74, 6) is 1.63. The van der Waals surface area contributed by atoms with Crippen LogP contribution in [-0.4, -0.2) is 55.7 Å². The predicted molar refractivity (Wildman–Crippen MR) is 106 cm³/mol. The highest BCUT2D eigenvalue weighted by molar-refractivity contribution is 5.80. The van der Waals surface area contributed by atoms with Crippen LogP contribution < -0.4 is 15.5 Å². The van der Waals surface area contributed by atoms with Crippen LogP contribution in [-0.2, 0) is 4.74 Å². The zero-order valence-corrected chi connectivity index (χ0v) is 15.7. The predicted octanol–water partition coefficient (Wildman–Crippen LogP) is 2.11. The van der Waals surface area contributed by atoms with E-state index >= 15 is 0 Å². The largest absolute Gasteiger partial charge is 0.445 e. The number of nitrogens with zero attached hydrogens (tertiary/aromatic N) is 2. The van der Waals surface area contributed by atoms with E-state index < -0.39 is 12.3 Å². The second kappa shape index (κ2) is 9.53. The van der Waals surface area contributed by atoms with E-state index in [1.165, 1.54) is 0 Å². The number of hydrogen-bond donors (Lipinski definition) is 3. The van der Waals surface area contributed by atoms with E-state index in [4.69, 9.17) is 9.72 Å². The number of alkyl carbamates (subject to hydrolysis) is 1. The zero-order valence-electron chi connectivity index (χ0n) is 15.7. The van der Waals surface area contributed by atoms with Gasteiger partial charge in [-0.2, -0.15) is 0 Å². The van der Waals surface area contributed by atoms with Crippen LogP contribution in [0, 0.1) is 5.92 Å². The van der Waals surface area contributed by atoms with Gasteiger partial charge < -0.3 is 20.1 Å². The van der Waals surface area contributed by atoms with Crippen LogP contribution in [0.25, 0.3) is 10.9 Å². The Bertz CT molecular complexity index is 747. The molecule has 27 heavy (non-hydrogen) atoms. The number of amides is 1. The molecule has 146 valence electrons. The van der Waals surface area contributed by atoms with Gasteiger partial charge in [-0.15, -0.1) is 0 Å². The van der Waals surface area contributed by atoms with Crippen molar-refractivity contribution in [2.24, 2.45) is 5.92 Å². The van der Waals surface area contributed by atoms with Crippen molar-refractivity contribution in [1.29, 1.82) is 0 Å². The van der Waals surface area contributed by atoms with E-state index in [9.17, 15) is 9.90 Å². The molecule has 7 heteroatoms. The van der Waals surface area contributed by atoms with Gasteiger partial charge in [-0.3, -0.25) is 5.32 Å². The first-order chi connectivity index (χ1) is 13.2. The molecular formula is C20H28N4O3. The molecule has 0 radical (unpaired) electrons. The monoisotopic (exact) mass is 372 g/mol. The first-order valence-corrected chi connectivity index (χ1v) is 9.52. The number of aliphatic hydroxyl groups excluding tert-OH is 1. The maximum Gasteiger partial charge on any atom is 0.407 e. The van der Waals surface area contributed by atoms with Gasteiger partial charge in [0, 0.05) is 25.0 Å². The highest BCUT2D eigenvalue weighted by Crippen LogP contribution is 2.25. The van der Waals surface area contributed by atoms with Crippen molar-refractivity contribution in [3.05, 3.63) is 36.4 Å². The number of nitrogens with one attached hydrogen (secondary N) is 2. The molecule has 0 saturated carbocycles. The van der Waals surface area contributed by atoms with Gasteiger partial charge >= 0.3 is 6.09 Å². The Hall–Kier alpha value is -2.38. The Morgan fingerprint density at radius 3 is 2.85 bits per heavy atom. The molecule has 1 unspecified atom stereocenters. The Morgan fingerprint density at radius 1 is 1.30 bits per heavy atom. The van der Waals surface area contributed by atoms with Crippen molar-refractivity contribution in [3.8, 4) is 0 Å². The molecule has 2 aromatic rings. The summed E-state index contributed by atoms with van der Waals surface area (Å²) < 4.78 is 4.92. The first-order valence-electron chi connectivity index (χ1n) is 9.52. The molecule has 1 fully saturated rings. The summed E-state index contributed by atoms with van der Waals surface area (Å²) in [7, 11) is 1.60. The molecule has 3 N–H and O–H groups in total. The lowest BCUT2D eigenvalue weighted by Crippen LogP contribution is -2.36. The van der Waals surface area contributed by atoms with Crippen molar-refractivity contribution < 1.29 is 14.6 Å². The average molecular weight is 372 g/mol. The summed E-state index contributed by atoms with van der Waals surface area (Å²) in [6.07, 6.45) is 1.79. The molecule has 1 aromatic carbocycles. The van der Waals surface area contributed by atoms with Gasteiger partial charge in [-0.05, 0) is 50.4 Å². The summed E-state index contributed by atoms with van der Waals surface area (Å²) >= 11 is 0. The molecule has 1 atom stereocenters. The van der Waals surface area contributed by atoms with Crippen molar-refractivity contribution in [3.63, 3.8) is 0 Å². The van der Waals surface area contributed by atoms with E-state index in [1.807, 2.05) is 18.2 Å². The molecule has 2 heterocycles. The molecular weight excluding hydrogens is 344 g/mol. The maximum absolute atomic E-state index is 11.6. The van der Waals surface area contributed by atoms with Crippen LogP contribution in [0.5, 0.6) is 0 Å². The molecule has 0 aliphatic carbocycles. The normalized spacial score (nSPS) is 16.3. The average Bonchev–Trinajstić information content (AvgIpc) is 2.72. The smallest absolute Gasteiger partial charge is 0.407 e. The minimum absolute atomic E-state index is 0.0561. The first kappa shape index (κ1) is 19.4. The third kappa shape index (κ3) is 5.55. The maximum atomic E-state index is 11.6. The van der Waals surface area contributed by atoms with E-state index in [0.29, 0.717) is 12.5 Å². The summed E-state index contributed by atoms with van der Waals surface area (Å²) in [6, 6.07) is 12.4. The third-order valence-corrected chi connectivity index (χ3v) is 5.05. The molecule has 0 spiro atoms. The van der Waals surface area contributed by atoms with Gasteiger partial charge in [0.1, 0.15) is 18.7 Å². The minimum Gasteiger partial charge on any atom is -0.445 e. The van der Waals surface area contributed by atoms with Crippen LogP contribution in [0.4, 0.5) is 10.6 Å². The summed E-state index contributed by atoms with van der Waals surface area (Å²) in [5, 5.41) is 15.8. The number of likely N-dealkylation sites (N-methyl/N-ethyl adjacent to an activating group) is 1. The lowest BCUT2D eigenvalue weighted by Gasteiger charge is -2.33. The van der Waals surface area contributed by atoms with Crippen LogP contribution in [0.1, 0.15) is 19.3 Å². The number of fused-ring (bicyclic) bond motifs is 1. The molecule has 1 aromatic heterocycles. The third-order valence-electron chi connectivity index (χ3n) is 5.05. The lowest BCUT2D eigenvalue weighted by molar-refractivity contribution is 0.0534. The van der Waals surface area contributed by atoms with Crippen molar-refractivity contribution in [2.75, 3.05) is 38.2 Å². The summed E-state index contributed by atoms with van der Waals surface area (Å²) in [4.78, 5) is 18.7. The number of hydrogen-bond acceptors (Lipinski definition) is 6. The van der Waals surface area contributed by atoms with Crippen molar-refractivity contribution in [1.82, 2.24) is 15.6 Å². The van der Waals surface area contributed by atoms with E-state index in [0.717, 1.165) is 49.1 Å². The van der Waals surface area contributed by atoms with Crippen LogP contribution in [0.3, 0.4) is 0 Å². The molecule has 7 nitrogen and oxygen atoms in total. The molecule has 1 amide bonds. The quantitative estimate of drug-likeness (QED) is 0.646. The Morgan fingerprint density at radius 2 is 2.07 bits per heavy atom. The minimum atomic E-state index is -0.830. The van der Waals surface area contributed by atoms with Gasteiger partial charge in [0.15, 0.2) is 0 Å². The Kier molecular flexibility index (Phi) is 6.84. The molecule has 3 rings (SSSR count). The standard InChI is InChI=1S/C20H28N4O3/c1-21-19(25)14-27-20(26)22-11-8-15-9-12-24(13-10-15)18-7-6-16-4-2-3-5-17(16)23-18/h2-7,15,19,21,25H,8-14H2,1H3,(H,22,26). The SMILES string of the molecule is CNC(O)COC(=O)NCCC1CCN(c2ccc3ccccc3n2)CC1. The number of benzene rings is 1. The molecule has 1 saturated heterocycles. The summed E-state index contributed by atoms with van der Waals surface area (Å²) in [5.41, 5.74) is 1.03. The Balaban J connectivity index is 1.39. The number of piperidine rings is 1. The topological polar surface area (TPSA) is 86.7 Å². The van der Waals surface area contributed by atoms with E-state index in [-0.39, 0.29) is 6.61 Å². The summed E-state index contributed by atoms with van der Waals surface area (Å²) in [6.45, 7) is 2.50. The fourth-order valence-corrected chi connectivity index (χ4v) is 3.35. The highest BCUT2D eigenvalue weighted by Gasteiger charge is 2.20. The number of para-hydroxylation sites is 1. The van der Waals surface area contributed by atoms with Gasteiger partial charge in [0.2, 0.25) is 0 Å². The number of carbonyl (C=O) groups excluding carboxylic acids is 1. The van der Waals surface area contributed by atoms with Gasteiger partial charge in [-0.25, -0.2) is 9.78 Å². The van der Waals surface area contributed by atoms with Crippen LogP contribution in [0.15, 0.2) is 36.4 Å². The van der Waals surface area contributed by atoms with Crippen LogP contribution in [0.2, 0.25) is 0 Å².